The predicted octanol–water partition coefficient (Wildman–Crippen LogP) is 4.91. The van der Waals surface area contributed by atoms with Crippen molar-refractivity contribution in [2.24, 2.45) is 0 Å². The normalized spacial score (nSPS) is 13.7. The lowest BCUT2D eigenvalue weighted by Gasteiger charge is -2.28. The van der Waals surface area contributed by atoms with E-state index >= 15 is 0 Å². The second-order valence-electron chi connectivity index (χ2n) is 7.43. The van der Waals surface area contributed by atoms with E-state index in [-0.39, 0.29) is 22.6 Å². The molecule has 0 bridgehead atoms. The van der Waals surface area contributed by atoms with Gasteiger partial charge in [-0.15, -0.1) is 0 Å². The maximum atomic E-state index is 11.9. The Morgan fingerprint density at radius 3 is 1.52 bits per heavy atom. The summed E-state index contributed by atoms with van der Waals surface area (Å²) in [5.41, 5.74) is 0. The molecule has 0 aromatic heterocycles. The molecule has 0 fully saturated rings. The summed E-state index contributed by atoms with van der Waals surface area (Å²) in [5.74, 6) is 0. The van der Waals surface area contributed by atoms with Crippen LogP contribution < -0.4 is 5.06 Å². The highest BCUT2D eigenvalue weighted by atomic mass is 16.6. The Labute approximate surface area is 155 Å². The summed E-state index contributed by atoms with van der Waals surface area (Å²) in [6.07, 6.45) is 18.7. The molecule has 0 amide bonds. The van der Waals surface area contributed by atoms with Gasteiger partial charge in [-0.2, -0.15) is 0 Å². The van der Waals surface area contributed by atoms with Crippen LogP contribution in [0.5, 0.6) is 0 Å². The van der Waals surface area contributed by atoms with Gasteiger partial charge in [0.25, 0.3) is 6.54 Å². The van der Waals surface area contributed by atoms with Crippen LogP contribution in [0, 0.1) is 15.3 Å². The van der Waals surface area contributed by atoms with Crippen molar-refractivity contribution in [3.8, 4) is 0 Å². The quantitative estimate of drug-likeness (QED) is 0.203. The van der Waals surface area contributed by atoms with Crippen molar-refractivity contribution in [3.05, 3.63) is 15.3 Å². The molecule has 2 atom stereocenters. The summed E-state index contributed by atoms with van der Waals surface area (Å²) in [7, 11) is 0. The molecule has 2 unspecified atom stereocenters. The van der Waals surface area contributed by atoms with Gasteiger partial charge in [-0.1, -0.05) is 90.9 Å². The van der Waals surface area contributed by atoms with Gasteiger partial charge in [-0.25, -0.2) is 0 Å². The monoisotopic (exact) mass is 358 g/mol. The first-order chi connectivity index (χ1) is 12.1. The lowest BCUT2D eigenvalue weighted by molar-refractivity contribution is -0.885. The van der Waals surface area contributed by atoms with E-state index < -0.39 is 0 Å². The van der Waals surface area contributed by atoms with E-state index in [1.165, 1.54) is 77.0 Å². The molecule has 25 heavy (non-hydrogen) atoms. The predicted molar refractivity (Wildman–Crippen MR) is 105 cm³/mol. The molecule has 0 aliphatic carbocycles. The zero-order valence-electron chi connectivity index (χ0n) is 16.8. The molecule has 0 aromatic carbocycles. The highest BCUT2D eigenvalue weighted by Gasteiger charge is 2.19. The Balaban J connectivity index is 3.31. The fraction of sp³-hybridized carbons (Fsp3) is 1.00. The fourth-order valence-electron chi connectivity index (χ4n) is 3.34. The van der Waals surface area contributed by atoms with Crippen LogP contribution in [0.15, 0.2) is 0 Å². The summed E-state index contributed by atoms with van der Waals surface area (Å²) in [5, 5.41) is 22.5. The molecule has 150 valence electrons. The van der Waals surface area contributed by atoms with Crippen molar-refractivity contribution >= 4 is 0 Å². The number of hydroxylamine groups is 2. The van der Waals surface area contributed by atoms with Gasteiger partial charge in [-0.3, -0.25) is 10.1 Å². The first-order valence-electron chi connectivity index (χ1n) is 10.8. The van der Waals surface area contributed by atoms with Gasteiger partial charge in [-0.05, 0) is 12.8 Å². The van der Waals surface area contributed by atoms with E-state index in [1.54, 1.807) is 0 Å². The number of hydrogen-bond donors (Lipinski definition) is 1. The maximum absolute atomic E-state index is 11.9. The van der Waals surface area contributed by atoms with Crippen LogP contribution >= 0.6 is 0 Å². The van der Waals surface area contributed by atoms with Crippen LogP contribution in [-0.2, 0) is 0 Å². The Kier molecular flexibility index (Phi) is 17.6. The zero-order chi connectivity index (χ0) is 18.8. The average molecular weight is 359 g/mol. The smallest absolute Gasteiger partial charge is 0.254 e. The summed E-state index contributed by atoms with van der Waals surface area (Å²) in [6, 6.07) is -0.378. The van der Waals surface area contributed by atoms with E-state index in [1.807, 2.05) is 6.92 Å². The third kappa shape index (κ3) is 16.5. The van der Waals surface area contributed by atoms with E-state index in [0.29, 0.717) is 13.0 Å². The largest absolute Gasteiger partial charge is 0.634 e. The van der Waals surface area contributed by atoms with Gasteiger partial charge in [0.2, 0.25) is 0 Å². The van der Waals surface area contributed by atoms with E-state index in [9.17, 15) is 15.3 Å². The third-order valence-electron chi connectivity index (χ3n) is 5.09. The van der Waals surface area contributed by atoms with Crippen LogP contribution in [0.2, 0.25) is 0 Å². The Morgan fingerprint density at radius 2 is 1.16 bits per heavy atom. The van der Waals surface area contributed by atoms with Crippen LogP contribution in [0.1, 0.15) is 110 Å². The maximum Gasteiger partial charge on any atom is 0.254 e. The van der Waals surface area contributed by atoms with Crippen molar-refractivity contribution in [2.45, 2.75) is 116 Å². The second kappa shape index (κ2) is 18.1. The SMILES string of the molecule is CCCCCCCCCCCCCCCC[NH+]([O-])C(CC)C[N+](=O)[O-]. The summed E-state index contributed by atoms with van der Waals surface area (Å²) < 4.78 is 0. The molecule has 0 heterocycles. The highest BCUT2D eigenvalue weighted by molar-refractivity contribution is 4.52. The second-order valence-corrected chi connectivity index (χ2v) is 7.43. The molecule has 0 saturated heterocycles. The van der Waals surface area contributed by atoms with E-state index in [0.717, 1.165) is 12.8 Å². The van der Waals surface area contributed by atoms with Gasteiger partial charge in [0.1, 0.15) is 0 Å². The summed E-state index contributed by atoms with van der Waals surface area (Å²) >= 11 is 0. The number of nitrogens with one attached hydrogen (secondary N) is 1. The average Bonchev–Trinajstić information content (AvgIpc) is 2.59. The number of hydrogen-bond acceptors (Lipinski definition) is 3. The van der Waals surface area contributed by atoms with Crippen LogP contribution in [-0.4, -0.2) is 24.1 Å². The molecular weight excluding hydrogens is 316 g/mol. The minimum Gasteiger partial charge on any atom is -0.634 e. The Hall–Kier alpha value is -0.680. The number of unbranched alkanes of at least 4 members (excludes halogenated alkanes) is 13. The number of nitro groups is 1. The molecule has 0 rings (SSSR count). The molecule has 0 spiro atoms. The fourth-order valence-corrected chi connectivity index (χ4v) is 3.34. The van der Waals surface area contributed by atoms with Crippen LogP contribution in [0.25, 0.3) is 0 Å². The van der Waals surface area contributed by atoms with Crippen molar-refractivity contribution in [3.63, 3.8) is 0 Å². The minimum absolute atomic E-state index is 0.0816. The lowest BCUT2D eigenvalue weighted by atomic mass is 10.0. The molecule has 5 nitrogen and oxygen atoms in total. The minimum atomic E-state index is -0.378. The van der Waals surface area contributed by atoms with Gasteiger partial charge in [0.05, 0.1) is 6.54 Å². The first-order valence-corrected chi connectivity index (χ1v) is 10.8. The van der Waals surface area contributed by atoms with Gasteiger partial charge in [0.15, 0.2) is 6.04 Å². The van der Waals surface area contributed by atoms with Crippen molar-refractivity contribution < 1.29 is 9.99 Å². The molecule has 1 N–H and O–H groups in total. The molecular formula is C20H42N2O3. The molecule has 0 saturated carbocycles. The summed E-state index contributed by atoms with van der Waals surface area (Å²) in [4.78, 5) is 10.2. The van der Waals surface area contributed by atoms with Gasteiger partial charge < -0.3 is 10.3 Å². The van der Waals surface area contributed by atoms with Gasteiger partial charge >= 0.3 is 0 Å². The van der Waals surface area contributed by atoms with Crippen molar-refractivity contribution in [1.29, 1.82) is 0 Å². The van der Waals surface area contributed by atoms with Crippen LogP contribution in [0.4, 0.5) is 0 Å². The van der Waals surface area contributed by atoms with Crippen molar-refractivity contribution in [1.82, 2.24) is 0 Å². The number of quaternary nitrogens is 1. The van der Waals surface area contributed by atoms with Crippen molar-refractivity contribution in [2.75, 3.05) is 13.1 Å². The molecule has 0 radical (unpaired) electrons. The zero-order valence-corrected chi connectivity index (χ0v) is 16.8. The standard InChI is InChI=1S/C20H42N2O3/c1-3-5-6-7-8-9-10-11-12-13-14-15-16-17-18-21(23)20(4-2)19-22(24)25/h20-21H,3-19H2,1-2H3. The molecule has 0 aliphatic heterocycles. The molecule has 0 aromatic rings. The van der Waals surface area contributed by atoms with E-state index in [4.69, 9.17) is 0 Å². The first kappa shape index (κ1) is 24.3. The van der Waals surface area contributed by atoms with Crippen LogP contribution in [0.3, 0.4) is 0 Å². The molecule has 5 heteroatoms. The number of nitrogens with zero attached hydrogens (tertiary/aromatic N) is 1. The third-order valence-corrected chi connectivity index (χ3v) is 5.09. The van der Waals surface area contributed by atoms with E-state index in [2.05, 4.69) is 6.92 Å². The summed E-state index contributed by atoms with van der Waals surface area (Å²) in [6.45, 7) is 4.44. The Morgan fingerprint density at radius 1 is 0.760 bits per heavy atom. The molecule has 0 aliphatic rings. The number of rotatable bonds is 19. The topological polar surface area (TPSA) is 70.6 Å². The lowest BCUT2D eigenvalue weighted by Crippen LogP contribution is -3.12. The van der Waals surface area contributed by atoms with Gasteiger partial charge in [0, 0.05) is 11.3 Å². The highest BCUT2D eigenvalue weighted by Crippen LogP contribution is 2.12. The Bertz CT molecular complexity index is 301.